The molecule has 1 aromatic rings. The SMILES string of the molecule is Cc1[nH]nc(CN)c1S(=O)(=O)NCCC1CC1. The quantitative estimate of drug-likeness (QED) is 0.681. The van der Waals surface area contributed by atoms with Crippen LogP contribution in [0.4, 0.5) is 0 Å². The number of nitrogens with two attached hydrogens (primary N) is 1. The molecule has 1 fully saturated rings. The van der Waals surface area contributed by atoms with Crippen molar-refractivity contribution in [2.75, 3.05) is 6.54 Å². The van der Waals surface area contributed by atoms with E-state index in [-0.39, 0.29) is 11.4 Å². The lowest BCUT2D eigenvalue weighted by atomic mass is 10.3. The van der Waals surface area contributed by atoms with E-state index in [1.165, 1.54) is 12.8 Å². The number of aromatic amines is 1. The van der Waals surface area contributed by atoms with E-state index >= 15 is 0 Å². The Kier molecular flexibility index (Phi) is 3.50. The second kappa shape index (κ2) is 4.75. The molecule has 1 heterocycles. The second-order valence-electron chi connectivity index (χ2n) is 4.46. The van der Waals surface area contributed by atoms with Gasteiger partial charge in [-0.05, 0) is 19.3 Å². The molecule has 1 aliphatic carbocycles. The molecule has 1 saturated carbocycles. The first kappa shape index (κ1) is 12.5. The van der Waals surface area contributed by atoms with Crippen molar-refractivity contribution in [1.82, 2.24) is 14.9 Å². The Labute approximate surface area is 101 Å². The molecule has 1 aliphatic rings. The van der Waals surface area contributed by atoms with Crippen molar-refractivity contribution < 1.29 is 8.42 Å². The predicted molar refractivity (Wildman–Crippen MR) is 63.7 cm³/mol. The smallest absolute Gasteiger partial charge is 0.244 e. The van der Waals surface area contributed by atoms with Crippen LogP contribution in [0.2, 0.25) is 0 Å². The maximum absolute atomic E-state index is 12.1. The highest BCUT2D eigenvalue weighted by atomic mass is 32.2. The van der Waals surface area contributed by atoms with Crippen LogP contribution in [0, 0.1) is 12.8 Å². The van der Waals surface area contributed by atoms with E-state index in [4.69, 9.17) is 5.73 Å². The minimum absolute atomic E-state index is 0.114. The minimum Gasteiger partial charge on any atom is -0.325 e. The normalized spacial score (nSPS) is 16.4. The third-order valence-electron chi connectivity index (χ3n) is 2.96. The number of H-pyrrole nitrogens is 1. The number of sulfonamides is 1. The van der Waals surface area contributed by atoms with Crippen LogP contribution < -0.4 is 10.5 Å². The molecule has 0 atom stereocenters. The Morgan fingerprint density at radius 1 is 1.53 bits per heavy atom. The highest BCUT2D eigenvalue weighted by Gasteiger charge is 2.25. The Morgan fingerprint density at radius 2 is 2.24 bits per heavy atom. The van der Waals surface area contributed by atoms with Crippen molar-refractivity contribution in [2.24, 2.45) is 11.7 Å². The summed E-state index contributed by atoms with van der Waals surface area (Å²) in [5.74, 6) is 0.706. The van der Waals surface area contributed by atoms with Crippen molar-refractivity contribution in [2.45, 2.75) is 37.6 Å². The van der Waals surface area contributed by atoms with E-state index < -0.39 is 10.0 Å². The number of aromatic nitrogens is 2. The summed E-state index contributed by atoms with van der Waals surface area (Å²) >= 11 is 0. The highest BCUT2D eigenvalue weighted by Crippen LogP contribution is 2.31. The lowest BCUT2D eigenvalue weighted by Crippen LogP contribution is -2.26. The average Bonchev–Trinajstić information content (AvgIpc) is 2.99. The van der Waals surface area contributed by atoms with Gasteiger partial charge in [-0.1, -0.05) is 12.8 Å². The van der Waals surface area contributed by atoms with E-state index in [1.807, 2.05) is 0 Å². The van der Waals surface area contributed by atoms with Gasteiger partial charge in [0.2, 0.25) is 10.0 Å². The summed E-state index contributed by atoms with van der Waals surface area (Å²) in [6.45, 7) is 2.28. The molecule has 96 valence electrons. The minimum atomic E-state index is -3.48. The van der Waals surface area contributed by atoms with Gasteiger partial charge >= 0.3 is 0 Å². The molecule has 4 N–H and O–H groups in total. The van der Waals surface area contributed by atoms with Crippen LogP contribution >= 0.6 is 0 Å². The molecule has 2 rings (SSSR count). The van der Waals surface area contributed by atoms with Crippen LogP contribution in [0.3, 0.4) is 0 Å². The zero-order valence-electron chi connectivity index (χ0n) is 9.86. The van der Waals surface area contributed by atoms with Crippen molar-refractivity contribution in [3.05, 3.63) is 11.4 Å². The zero-order chi connectivity index (χ0) is 12.5. The molecule has 7 heteroatoms. The first-order chi connectivity index (χ1) is 8.04. The summed E-state index contributed by atoms with van der Waals surface area (Å²) in [7, 11) is -3.48. The van der Waals surface area contributed by atoms with Gasteiger partial charge in [-0.2, -0.15) is 5.10 Å². The lowest BCUT2D eigenvalue weighted by Gasteiger charge is -2.06. The van der Waals surface area contributed by atoms with Gasteiger partial charge in [0, 0.05) is 13.1 Å². The predicted octanol–water partition coefficient (Wildman–Crippen LogP) is 0.255. The maximum atomic E-state index is 12.1. The standard InChI is InChI=1S/C10H18N4O2S/c1-7-10(9(6-11)14-13-7)17(15,16)12-5-4-8-2-3-8/h8,12H,2-6,11H2,1H3,(H,13,14). The molecule has 0 spiro atoms. The van der Waals surface area contributed by atoms with Gasteiger partial charge in [0.15, 0.2) is 0 Å². The van der Waals surface area contributed by atoms with Gasteiger partial charge in [-0.15, -0.1) is 0 Å². The third-order valence-corrected chi connectivity index (χ3v) is 4.63. The van der Waals surface area contributed by atoms with Crippen molar-refractivity contribution in [3.8, 4) is 0 Å². The Balaban J connectivity index is 2.09. The fraction of sp³-hybridized carbons (Fsp3) is 0.700. The molecular formula is C10H18N4O2S. The molecule has 0 amide bonds. The summed E-state index contributed by atoms with van der Waals surface area (Å²) in [6, 6.07) is 0. The van der Waals surface area contributed by atoms with E-state index in [0.29, 0.717) is 23.9 Å². The number of nitrogens with one attached hydrogen (secondary N) is 2. The Morgan fingerprint density at radius 3 is 2.82 bits per heavy atom. The summed E-state index contributed by atoms with van der Waals surface area (Å²) in [5, 5.41) is 6.54. The van der Waals surface area contributed by atoms with E-state index in [9.17, 15) is 8.42 Å². The molecular weight excluding hydrogens is 240 g/mol. The first-order valence-corrected chi connectivity index (χ1v) is 7.26. The van der Waals surface area contributed by atoms with Gasteiger partial charge in [0.1, 0.15) is 4.90 Å². The third kappa shape index (κ3) is 2.85. The summed E-state index contributed by atoms with van der Waals surface area (Å²) in [5.41, 5.74) is 6.39. The largest absolute Gasteiger partial charge is 0.325 e. The van der Waals surface area contributed by atoms with Gasteiger partial charge in [0.25, 0.3) is 0 Å². The van der Waals surface area contributed by atoms with Crippen LogP contribution in [0.1, 0.15) is 30.7 Å². The lowest BCUT2D eigenvalue weighted by molar-refractivity contribution is 0.573. The number of hydrogen-bond donors (Lipinski definition) is 3. The van der Waals surface area contributed by atoms with Crippen LogP contribution in [-0.2, 0) is 16.6 Å². The molecule has 0 radical (unpaired) electrons. The topological polar surface area (TPSA) is 101 Å². The summed E-state index contributed by atoms with van der Waals surface area (Å²) in [6.07, 6.45) is 3.36. The molecule has 0 aliphatic heterocycles. The van der Waals surface area contributed by atoms with Crippen molar-refractivity contribution >= 4 is 10.0 Å². The molecule has 0 unspecified atom stereocenters. The van der Waals surface area contributed by atoms with Crippen molar-refractivity contribution in [1.29, 1.82) is 0 Å². The zero-order valence-corrected chi connectivity index (χ0v) is 10.7. The van der Waals surface area contributed by atoms with Crippen LogP contribution in [0.15, 0.2) is 4.90 Å². The van der Waals surface area contributed by atoms with Gasteiger partial charge < -0.3 is 5.73 Å². The van der Waals surface area contributed by atoms with Gasteiger partial charge in [-0.25, -0.2) is 13.1 Å². The van der Waals surface area contributed by atoms with E-state index in [2.05, 4.69) is 14.9 Å². The van der Waals surface area contributed by atoms with Crippen molar-refractivity contribution in [3.63, 3.8) is 0 Å². The van der Waals surface area contributed by atoms with Gasteiger partial charge in [0.05, 0.1) is 11.4 Å². The second-order valence-corrected chi connectivity index (χ2v) is 6.16. The summed E-state index contributed by atoms with van der Waals surface area (Å²) in [4.78, 5) is 0.204. The average molecular weight is 258 g/mol. The first-order valence-electron chi connectivity index (χ1n) is 5.78. The molecule has 17 heavy (non-hydrogen) atoms. The van der Waals surface area contributed by atoms with E-state index in [1.54, 1.807) is 6.92 Å². The van der Waals surface area contributed by atoms with Crippen LogP contribution in [0.25, 0.3) is 0 Å². The molecule has 0 bridgehead atoms. The highest BCUT2D eigenvalue weighted by molar-refractivity contribution is 7.89. The van der Waals surface area contributed by atoms with Crippen LogP contribution in [0.5, 0.6) is 0 Å². The Bertz CT molecular complexity index is 490. The number of aryl methyl sites for hydroxylation is 1. The number of rotatable bonds is 6. The fourth-order valence-electron chi connectivity index (χ4n) is 1.84. The maximum Gasteiger partial charge on any atom is 0.244 e. The molecule has 0 saturated heterocycles. The van der Waals surface area contributed by atoms with E-state index in [0.717, 1.165) is 6.42 Å². The molecule has 1 aromatic heterocycles. The Hall–Kier alpha value is -0.920. The van der Waals surface area contributed by atoms with Crippen LogP contribution in [-0.4, -0.2) is 25.2 Å². The number of nitrogens with zero attached hydrogens (tertiary/aromatic N) is 1. The fourth-order valence-corrected chi connectivity index (χ4v) is 3.26. The number of hydrogen-bond acceptors (Lipinski definition) is 4. The summed E-state index contributed by atoms with van der Waals surface area (Å²) < 4.78 is 26.7. The monoisotopic (exact) mass is 258 g/mol. The van der Waals surface area contributed by atoms with Gasteiger partial charge in [-0.3, -0.25) is 5.10 Å². The molecule has 0 aromatic carbocycles. The molecule has 6 nitrogen and oxygen atoms in total.